The zero-order valence-corrected chi connectivity index (χ0v) is 15.5. The highest BCUT2D eigenvalue weighted by Crippen LogP contribution is 2.28. The molecule has 5 heteroatoms. The third-order valence-electron chi connectivity index (χ3n) is 3.72. The molecule has 0 radical (unpaired) electrons. The number of hydrogen-bond donors (Lipinski definition) is 1. The Morgan fingerprint density at radius 2 is 1.81 bits per heavy atom. The molecule has 1 amide bonds. The van der Waals surface area contributed by atoms with Crippen molar-refractivity contribution in [2.24, 2.45) is 0 Å². The van der Waals surface area contributed by atoms with Crippen LogP contribution in [-0.4, -0.2) is 26.7 Å². The predicted octanol–water partition coefficient (Wildman–Crippen LogP) is 3.82. The van der Waals surface area contributed by atoms with E-state index in [9.17, 15) is 4.79 Å². The van der Waals surface area contributed by atoms with E-state index in [1.807, 2.05) is 49.4 Å². The minimum absolute atomic E-state index is 0.179. The summed E-state index contributed by atoms with van der Waals surface area (Å²) in [5.74, 6) is 1.92. The zero-order valence-electron chi connectivity index (χ0n) is 15.5. The van der Waals surface area contributed by atoms with Crippen molar-refractivity contribution < 1.29 is 19.0 Å². The second-order valence-electron chi connectivity index (χ2n) is 5.62. The molecule has 0 saturated heterocycles. The first-order valence-electron chi connectivity index (χ1n) is 8.56. The fourth-order valence-electron chi connectivity index (χ4n) is 2.38. The SMILES string of the molecule is CCCOc1ccc(/C=C/C(=O)NCc2ccccc2OC)cc1OC. The molecule has 138 valence electrons. The minimum Gasteiger partial charge on any atom is -0.496 e. The van der Waals surface area contributed by atoms with Crippen LogP contribution in [0.25, 0.3) is 6.08 Å². The Kier molecular flexibility index (Phi) is 7.55. The molecule has 0 aromatic heterocycles. The molecule has 0 heterocycles. The van der Waals surface area contributed by atoms with Crippen molar-refractivity contribution in [3.05, 3.63) is 59.7 Å². The molecule has 0 spiro atoms. The van der Waals surface area contributed by atoms with E-state index >= 15 is 0 Å². The molecule has 0 unspecified atom stereocenters. The third kappa shape index (κ3) is 5.55. The molecule has 0 atom stereocenters. The van der Waals surface area contributed by atoms with E-state index in [2.05, 4.69) is 5.32 Å². The molecule has 0 aliphatic carbocycles. The fraction of sp³-hybridized carbons (Fsp3) is 0.286. The van der Waals surface area contributed by atoms with Gasteiger partial charge in [-0.3, -0.25) is 4.79 Å². The van der Waals surface area contributed by atoms with Crippen LogP contribution in [-0.2, 0) is 11.3 Å². The molecule has 0 aliphatic rings. The lowest BCUT2D eigenvalue weighted by molar-refractivity contribution is -0.116. The van der Waals surface area contributed by atoms with Crippen LogP contribution in [0, 0.1) is 0 Å². The summed E-state index contributed by atoms with van der Waals surface area (Å²) in [6.45, 7) is 3.09. The van der Waals surface area contributed by atoms with Crippen molar-refractivity contribution in [2.75, 3.05) is 20.8 Å². The monoisotopic (exact) mass is 355 g/mol. The van der Waals surface area contributed by atoms with Gasteiger partial charge in [-0.15, -0.1) is 0 Å². The van der Waals surface area contributed by atoms with Gasteiger partial charge in [0.15, 0.2) is 11.5 Å². The maximum absolute atomic E-state index is 12.1. The molecular formula is C21H25NO4. The van der Waals surface area contributed by atoms with Gasteiger partial charge in [0.2, 0.25) is 5.91 Å². The molecule has 0 saturated carbocycles. The van der Waals surface area contributed by atoms with Crippen LogP contribution in [0.15, 0.2) is 48.5 Å². The molecule has 2 rings (SSSR count). The Morgan fingerprint density at radius 1 is 1.04 bits per heavy atom. The second-order valence-corrected chi connectivity index (χ2v) is 5.62. The van der Waals surface area contributed by atoms with Crippen LogP contribution >= 0.6 is 0 Å². The first-order chi connectivity index (χ1) is 12.7. The quantitative estimate of drug-likeness (QED) is 0.695. The maximum atomic E-state index is 12.1. The summed E-state index contributed by atoms with van der Waals surface area (Å²) in [5, 5.41) is 2.85. The van der Waals surface area contributed by atoms with Crippen LogP contribution in [0.3, 0.4) is 0 Å². The molecule has 26 heavy (non-hydrogen) atoms. The van der Waals surface area contributed by atoms with E-state index in [1.165, 1.54) is 6.08 Å². The number of hydrogen-bond acceptors (Lipinski definition) is 4. The zero-order chi connectivity index (χ0) is 18.8. The van der Waals surface area contributed by atoms with E-state index in [0.717, 1.165) is 23.3 Å². The van der Waals surface area contributed by atoms with Crippen LogP contribution in [0.5, 0.6) is 17.2 Å². The highest BCUT2D eigenvalue weighted by atomic mass is 16.5. The van der Waals surface area contributed by atoms with Gasteiger partial charge in [0, 0.05) is 18.2 Å². The van der Waals surface area contributed by atoms with Crippen LogP contribution < -0.4 is 19.5 Å². The maximum Gasteiger partial charge on any atom is 0.244 e. The second kappa shape index (κ2) is 10.1. The van der Waals surface area contributed by atoms with E-state index in [-0.39, 0.29) is 5.91 Å². The van der Waals surface area contributed by atoms with Crippen LogP contribution in [0.4, 0.5) is 0 Å². The summed E-state index contributed by atoms with van der Waals surface area (Å²) in [5.41, 5.74) is 1.79. The molecule has 1 N–H and O–H groups in total. The third-order valence-corrected chi connectivity index (χ3v) is 3.72. The van der Waals surface area contributed by atoms with Crippen LogP contribution in [0.2, 0.25) is 0 Å². The molecule has 0 fully saturated rings. The van der Waals surface area contributed by atoms with Crippen molar-refractivity contribution in [1.29, 1.82) is 0 Å². The summed E-state index contributed by atoms with van der Waals surface area (Å²) < 4.78 is 16.3. The largest absolute Gasteiger partial charge is 0.496 e. The normalized spacial score (nSPS) is 10.6. The summed E-state index contributed by atoms with van der Waals surface area (Å²) in [7, 11) is 3.21. The number of para-hydroxylation sites is 1. The number of ether oxygens (including phenoxy) is 3. The predicted molar refractivity (Wildman–Crippen MR) is 103 cm³/mol. The van der Waals surface area contributed by atoms with Gasteiger partial charge in [0.05, 0.1) is 20.8 Å². The van der Waals surface area contributed by atoms with Gasteiger partial charge in [-0.25, -0.2) is 0 Å². The highest BCUT2D eigenvalue weighted by Gasteiger charge is 2.05. The molecule has 2 aromatic carbocycles. The number of amides is 1. The van der Waals surface area contributed by atoms with E-state index in [4.69, 9.17) is 14.2 Å². The van der Waals surface area contributed by atoms with Gasteiger partial charge in [-0.2, -0.15) is 0 Å². The smallest absolute Gasteiger partial charge is 0.244 e. The van der Waals surface area contributed by atoms with Gasteiger partial charge in [-0.1, -0.05) is 31.2 Å². The lowest BCUT2D eigenvalue weighted by Crippen LogP contribution is -2.20. The first kappa shape index (κ1) is 19.4. The lowest BCUT2D eigenvalue weighted by atomic mass is 10.1. The summed E-state index contributed by atoms with van der Waals surface area (Å²) >= 11 is 0. The standard InChI is InChI=1S/C21H25NO4/c1-4-13-26-19-11-9-16(14-20(19)25-3)10-12-21(23)22-15-17-7-5-6-8-18(17)24-2/h5-12,14H,4,13,15H2,1-3H3,(H,22,23)/b12-10+. The Labute approximate surface area is 154 Å². The fourth-order valence-corrected chi connectivity index (χ4v) is 2.38. The van der Waals surface area contributed by atoms with E-state index in [0.29, 0.717) is 24.7 Å². The summed E-state index contributed by atoms with van der Waals surface area (Å²) in [4.78, 5) is 12.1. The van der Waals surface area contributed by atoms with Crippen molar-refractivity contribution in [3.63, 3.8) is 0 Å². The van der Waals surface area contributed by atoms with Gasteiger partial charge in [0.25, 0.3) is 0 Å². The molecule has 0 bridgehead atoms. The van der Waals surface area contributed by atoms with Gasteiger partial charge >= 0.3 is 0 Å². The number of rotatable bonds is 9. The molecule has 5 nitrogen and oxygen atoms in total. The van der Waals surface area contributed by atoms with Crippen molar-refractivity contribution >= 4 is 12.0 Å². The highest BCUT2D eigenvalue weighted by molar-refractivity contribution is 5.91. The van der Waals surface area contributed by atoms with Crippen molar-refractivity contribution in [3.8, 4) is 17.2 Å². The van der Waals surface area contributed by atoms with Crippen molar-refractivity contribution in [2.45, 2.75) is 19.9 Å². The number of nitrogens with one attached hydrogen (secondary N) is 1. The topological polar surface area (TPSA) is 56.8 Å². The minimum atomic E-state index is -0.179. The lowest BCUT2D eigenvalue weighted by Gasteiger charge is -2.10. The Bertz CT molecular complexity index is 755. The average molecular weight is 355 g/mol. The Hall–Kier alpha value is -2.95. The number of carbonyl (C=O) groups is 1. The van der Waals surface area contributed by atoms with Crippen LogP contribution in [0.1, 0.15) is 24.5 Å². The first-order valence-corrected chi connectivity index (χ1v) is 8.56. The number of carbonyl (C=O) groups excluding carboxylic acids is 1. The Morgan fingerprint density at radius 3 is 2.54 bits per heavy atom. The molecule has 2 aromatic rings. The van der Waals surface area contributed by atoms with Gasteiger partial charge in [0.1, 0.15) is 5.75 Å². The number of methoxy groups -OCH3 is 2. The van der Waals surface area contributed by atoms with E-state index in [1.54, 1.807) is 20.3 Å². The average Bonchev–Trinajstić information content (AvgIpc) is 2.69. The van der Waals surface area contributed by atoms with Gasteiger partial charge in [-0.05, 0) is 36.3 Å². The Balaban J connectivity index is 1.97. The number of benzene rings is 2. The summed E-state index contributed by atoms with van der Waals surface area (Å²) in [6, 6.07) is 13.2. The molecule has 0 aliphatic heterocycles. The van der Waals surface area contributed by atoms with E-state index < -0.39 is 0 Å². The molecular weight excluding hydrogens is 330 g/mol. The summed E-state index contributed by atoms with van der Waals surface area (Å²) in [6.07, 6.45) is 4.16. The van der Waals surface area contributed by atoms with Crippen molar-refractivity contribution in [1.82, 2.24) is 5.32 Å². The van der Waals surface area contributed by atoms with Gasteiger partial charge < -0.3 is 19.5 Å².